The van der Waals surface area contributed by atoms with E-state index in [2.05, 4.69) is 96.1 Å². The Morgan fingerprint density at radius 2 is 1.59 bits per heavy atom. The van der Waals surface area contributed by atoms with Gasteiger partial charge < -0.3 is 4.90 Å². The molecule has 0 bridgehead atoms. The molecule has 0 spiro atoms. The molecule has 3 heterocycles. The summed E-state index contributed by atoms with van der Waals surface area (Å²) in [6.07, 6.45) is 1.89. The van der Waals surface area contributed by atoms with Gasteiger partial charge in [0, 0.05) is 22.7 Å². The van der Waals surface area contributed by atoms with Crippen molar-refractivity contribution < 1.29 is 0 Å². The molecule has 29 heavy (non-hydrogen) atoms. The predicted octanol–water partition coefficient (Wildman–Crippen LogP) is 7.09. The molecule has 1 aliphatic heterocycles. The molecular weight excluding hydrogens is 354 g/mol. The molecule has 6 rings (SSSR count). The summed E-state index contributed by atoms with van der Waals surface area (Å²) in [5.74, 6) is 1.47. The Morgan fingerprint density at radius 1 is 0.759 bits per heavy atom. The van der Waals surface area contributed by atoms with Crippen LogP contribution in [0.15, 0.2) is 85.1 Å². The van der Waals surface area contributed by atoms with Crippen LogP contribution in [0.5, 0.6) is 0 Å². The van der Waals surface area contributed by atoms with E-state index >= 15 is 0 Å². The third-order valence-electron chi connectivity index (χ3n) is 5.93. The average Bonchev–Trinajstić information content (AvgIpc) is 3.10. The zero-order chi connectivity index (χ0) is 19.5. The highest BCUT2D eigenvalue weighted by Crippen LogP contribution is 2.48. The van der Waals surface area contributed by atoms with Crippen LogP contribution < -0.4 is 4.90 Å². The summed E-state index contributed by atoms with van der Waals surface area (Å²) in [7, 11) is 0. The number of hydrogen-bond donors (Lipinski definition) is 0. The monoisotopic (exact) mass is 375 g/mol. The highest BCUT2D eigenvalue weighted by Gasteiger charge is 2.29. The quantitative estimate of drug-likeness (QED) is 0.322. The zero-order valence-electron chi connectivity index (χ0n) is 16.5. The van der Waals surface area contributed by atoms with Crippen LogP contribution in [-0.2, 0) is 0 Å². The smallest absolute Gasteiger partial charge is 0.162 e. The predicted molar refractivity (Wildman–Crippen MR) is 121 cm³/mol. The van der Waals surface area contributed by atoms with Crippen LogP contribution in [0, 0.1) is 0 Å². The van der Waals surface area contributed by atoms with Crippen LogP contribution in [-0.4, -0.2) is 9.55 Å². The summed E-state index contributed by atoms with van der Waals surface area (Å²) in [5.41, 5.74) is 7.24. The molecule has 140 valence electrons. The van der Waals surface area contributed by atoms with Gasteiger partial charge in [0.25, 0.3) is 0 Å². The Bertz CT molecular complexity index is 1380. The maximum absolute atomic E-state index is 4.84. The van der Waals surface area contributed by atoms with Gasteiger partial charge in [-0.2, -0.15) is 0 Å². The highest BCUT2D eigenvalue weighted by atomic mass is 15.2. The van der Waals surface area contributed by atoms with Gasteiger partial charge in [-0.15, -0.1) is 0 Å². The molecule has 0 saturated heterocycles. The molecule has 2 aromatic heterocycles. The third-order valence-corrected chi connectivity index (χ3v) is 5.93. The van der Waals surface area contributed by atoms with E-state index in [0.29, 0.717) is 5.92 Å². The largest absolute Gasteiger partial charge is 0.305 e. The second-order valence-corrected chi connectivity index (χ2v) is 7.96. The topological polar surface area (TPSA) is 21.1 Å². The fourth-order valence-electron chi connectivity index (χ4n) is 4.55. The number of hydrogen-bond acceptors (Lipinski definition) is 2. The van der Waals surface area contributed by atoms with Gasteiger partial charge in [-0.25, -0.2) is 4.98 Å². The minimum absolute atomic E-state index is 0.484. The number of pyridine rings is 1. The van der Waals surface area contributed by atoms with Gasteiger partial charge >= 0.3 is 0 Å². The number of aromatic nitrogens is 2. The van der Waals surface area contributed by atoms with Crippen molar-refractivity contribution in [3.8, 4) is 5.82 Å². The summed E-state index contributed by atoms with van der Waals surface area (Å²) in [4.78, 5) is 7.16. The lowest BCUT2D eigenvalue weighted by Gasteiger charge is -2.32. The van der Waals surface area contributed by atoms with Crippen molar-refractivity contribution in [2.45, 2.75) is 19.8 Å². The Labute approximate surface area is 169 Å². The van der Waals surface area contributed by atoms with Gasteiger partial charge in [0.05, 0.1) is 22.4 Å². The van der Waals surface area contributed by atoms with E-state index in [-0.39, 0.29) is 0 Å². The summed E-state index contributed by atoms with van der Waals surface area (Å²) >= 11 is 0. The van der Waals surface area contributed by atoms with Crippen molar-refractivity contribution in [1.82, 2.24) is 9.55 Å². The van der Waals surface area contributed by atoms with Crippen molar-refractivity contribution in [3.05, 3.63) is 90.6 Å². The number of anilines is 3. The molecular formula is C26H21N3. The molecule has 3 aromatic carbocycles. The summed E-state index contributed by atoms with van der Waals surface area (Å²) < 4.78 is 2.35. The van der Waals surface area contributed by atoms with Gasteiger partial charge in [0.15, 0.2) is 5.82 Å². The SMILES string of the molecule is CC(C)c1ccc2c3cccc4c3n(c2c1)-c1ncccc1N4c1ccccc1. The fourth-order valence-corrected chi connectivity index (χ4v) is 4.55. The maximum atomic E-state index is 4.84. The first-order valence-corrected chi connectivity index (χ1v) is 10.1. The van der Waals surface area contributed by atoms with Gasteiger partial charge in [0.1, 0.15) is 0 Å². The Kier molecular flexibility index (Phi) is 3.36. The molecule has 0 aliphatic carbocycles. The van der Waals surface area contributed by atoms with E-state index in [9.17, 15) is 0 Å². The van der Waals surface area contributed by atoms with E-state index in [1.165, 1.54) is 33.1 Å². The van der Waals surface area contributed by atoms with E-state index in [0.717, 1.165) is 17.2 Å². The molecule has 3 heteroatoms. The van der Waals surface area contributed by atoms with E-state index in [1.807, 2.05) is 12.3 Å². The molecule has 0 fully saturated rings. The lowest BCUT2D eigenvalue weighted by Crippen LogP contribution is -2.18. The van der Waals surface area contributed by atoms with Crippen molar-refractivity contribution in [2.75, 3.05) is 4.90 Å². The average molecular weight is 375 g/mol. The van der Waals surface area contributed by atoms with Crippen LogP contribution in [0.2, 0.25) is 0 Å². The molecule has 0 unspecified atom stereocenters. The fraction of sp³-hybridized carbons (Fsp3) is 0.115. The third kappa shape index (κ3) is 2.21. The van der Waals surface area contributed by atoms with Crippen LogP contribution in [0.1, 0.15) is 25.3 Å². The van der Waals surface area contributed by atoms with Crippen molar-refractivity contribution in [3.63, 3.8) is 0 Å². The summed E-state index contributed by atoms with van der Waals surface area (Å²) in [6, 6.07) is 28.2. The van der Waals surface area contributed by atoms with Crippen LogP contribution >= 0.6 is 0 Å². The van der Waals surface area contributed by atoms with E-state index < -0.39 is 0 Å². The molecule has 0 amide bonds. The van der Waals surface area contributed by atoms with Gasteiger partial charge in [0.2, 0.25) is 0 Å². The minimum Gasteiger partial charge on any atom is -0.305 e. The van der Waals surface area contributed by atoms with Gasteiger partial charge in [-0.3, -0.25) is 4.57 Å². The second kappa shape index (κ2) is 5.95. The summed E-state index contributed by atoms with van der Waals surface area (Å²) in [6.45, 7) is 4.49. The lowest BCUT2D eigenvalue weighted by molar-refractivity contribution is 0.867. The maximum Gasteiger partial charge on any atom is 0.162 e. The number of benzene rings is 3. The normalized spacial score (nSPS) is 12.7. The molecule has 0 saturated carbocycles. The van der Waals surface area contributed by atoms with Crippen molar-refractivity contribution in [2.24, 2.45) is 0 Å². The number of rotatable bonds is 2. The van der Waals surface area contributed by atoms with Crippen LogP contribution in [0.3, 0.4) is 0 Å². The van der Waals surface area contributed by atoms with Crippen molar-refractivity contribution in [1.29, 1.82) is 0 Å². The number of para-hydroxylation sites is 2. The number of fused-ring (bicyclic) bond motifs is 5. The molecule has 5 aromatic rings. The first-order valence-electron chi connectivity index (χ1n) is 10.1. The first-order chi connectivity index (χ1) is 14.2. The van der Waals surface area contributed by atoms with Gasteiger partial charge in [-0.1, -0.05) is 56.3 Å². The molecule has 0 N–H and O–H groups in total. The summed E-state index contributed by atoms with van der Waals surface area (Å²) in [5, 5.41) is 2.54. The van der Waals surface area contributed by atoms with E-state index in [1.54, 1.807) is 0 Å². The minimum atomic E-state index is 0.484. The molecule has 0 radical (unpaired) electrons. The number of nitrogens with zero attached hydrogens (tertiary/aromatic N) is 3. The standard InChI is InChI=1S/C26H21N3/c1-17(2)18-13-14-20-21-10-6-11-22-25(21)29(24(20)16-18)26-23(12-7-15-27-26)28(22)19-8-4-3-5-9-19/h3-17H,1-2H3. The molecule has 1 aliphatic rings. The van der Waals surface area contributed by atoms with E-state index in [4.69, 9.17) is 4.98 Å². The van der Waals surface area contributed by atoms with Gasteiger partial charge in [-0.05, 0) is 47.9 Å². The lowest BCUT2D eigenvalue weighted by atomic mass is 10.0. The van der Waals surface area contributed by atoms with Crippen LogP contribution in [0.4, 0.5) is 17.1 Å². The Hall–Kier alpha value is -3.59. The second-order valence-electron chi connectivity index (χ2n) is 7.96. The highest BCUT2D eigenvalue weighted by molar-refractivity contribution is 6.16. The Balaban J connectivity index is 1.80. The van der Waals surface area contributed by atoms with Crippen molar-refractivity contribution >= 4 is 38.9 Å². The molecule has 0 atom stereocenters. The first kappa shape index (κ1) is 16.4. The zero-order valence-corrected chi connectivity index (χ0v) is 16.5. The molecule has 3 nitrogen and oxygen atoms in total. The Morgan fingerprint density at radius 3 is 2.41 bits per heavy atom. The van der Waals surface area contributed by atoms with Crippen LogP contribution in [0.25, 0.3) is 27.6 Å².